The number of rotatable bonds is 3. The molecule has 0 N–H and O–H groups in total. The van der Waals surface area contributed by atoms with E-state index in [0.29, 0.717) is 19.1 Å². The highest BCUT2D eigenvalue weighted by molar-refractivity contribution is 7.86. The van der Waals surface area contributed by atoms with Gasteiger partial charge in [-0.25, -0.2) is 0 Å². The van der Waals surface area contributed by atoms with Gasteiger partial charge in [-0.1, -0.05) is 12.8 Å². The van der Waals surface area contributed by atoms with Crippen molar-refractivity contribution in [1.29, 1.82) is 0 Å². The van der Waals surface area contributed by atoms with Crippen LogP contribution in [-0.2, 0) is 10.2 Å². The Morgan fingerprint density at radius 2 is 1.53 bits per heavy atom. The van der Waals surface area contributed by atoms with Crippen molar-refractivity contribution in [2.45, 2.75) is 31.7 Å². The summed E-state index contributed by atoms with van der Waals surface area (Å²) in [6.07, 6.45) is 5.25. The fourth-order valence-corrected chi connectivity index (χ4v) is 3.89. The Morgan fingerprint density at radius 1 is 1.00 bits per heavy atom. The molecule has 2 rings (SSSR count). The van der Waals surface area contributed by atoms with Gasteiger partial charge >= 0.3 is 0 Å². The van der Waals surface area contributed by atoms with Crippen molar-refractivity contribution >= 4 is 10.2 Å². The number of piperazine rings is 1. The lowest BCUT2D eigenvalue weighted by atomic mass is 10.2. The fourth-order valence-electron chi connectivity index (χ4n) is 2.80. The van der Waals surface area contributed by atoms with Crippen LogP contribution < -0.4 is 0 Å². The van der Waals surface area contributed by atoms with Gasteiger partial charge < -0.3 is 0 Å². The van der Waals surface area contributed by atoms with Gasteiger partial charge in [0.1, 0.15) is 0 Å². The molecule has 1 aliphatic heterocycles. The van der Waals surface area contributed by atoms with E-state index in [2.05, 4.69) is 4.90 Å². The topological polar surface area (TPSA) is 43.9 Å². The molecular formula is C11H23N3O2S. The highest BCUT2D eigenvalue weighted by Crippen LogP contribution is 2.24. The predicted octanol–water partition coefficient (Wildman–Crippen LogP) is 0.353. The minimum Gasteiger partial charge on any atom is -0.298 e. The highest BCUT2D eigenvalue weighted by Gasteiger charge is 2.31. The van der Waals surface area contributed by atoms with Crippen molar-refractivity contribution in [2.75, 3.05) is 40.3 Å². The molecule has 2 fully saturated rings. The van der Waals surface area contributed by atoms with E-state index in [-0.39, 0.29) is 0 Å². The van der Waals surface area contributed by atoms with Crippen LogP contribution >= 0.6 is 0 Å². The predicted molar refractivity (Wildman–Crippen MR) is 68.0 cm³/mol. The van der Waals surface area contributed by atoms with Crippen LogP contribution in [-0.4, -0.2) is 68.2 Å². The van der Waals surface area contributed by atoms with Gasteiger partial charge in [-0.05, 0) is 12.8 Å². The molecule has 0 aromatic carbocycles. The first-order chi connectivity index (χ1) is 8.01. The molecule has 17 heavy (non-hydrogen) atoms. The van der Waals surface area contributed by atoms with E-state index in [4.69, 9.17) is 0 Å². The first-order valence-corrected chi connectivity index (χ1v) is 7.83. The Kier molecular flexibility index (Phi) is 4.07. The summed E-state index contributed by atoms with van der Waals surface area (Å²) in [5.41, 5.74) is 0. The van der Waals surface area contributed by atoms with Crippen LogP contribution in [0.5, 0.6) is 0 Å². The van der Waals surface area contributed by atoms with E-state index in [1.807, 2.05) is 0 Å². The van der Waals surface area contributed by atoms with Crippen LogP contribution in [0.2, 0.25) is 0 Å². The summed E-state index contributed by atoms with van der Waals surface area (Å²) < 4.78 is 26.8. The molecule has 0 aromatic heterocycles. The van der Waals surface area contributed by atoms with Gasteiger partial charge in [0, 0.05) is 46.3 Å². The summed E-state index contributed by atoms with van der Waals surface area (Å²) in [6, 6.07) is 0.708. The van der Waals surface area contributed by atoms with Gasteiger partial charge in [0.2, 0.25) is 0 Å². The second-order valence-electron chi connectivity index (χ2n) is 5.16. The van der Waals surface area contributed by atoms with Crippen molar-refractivity contribution in [3.8, 4) is 0 Å². The summed E-state index contributed by atoms with van der Waals surface area (Å²) in [4.78, 5) is 2.47. The smallest absolute Gasteiger partial charge is 0.281 e. The van der Waals surface area contributed by atoms with E-state index in [1.165, 1.54) is 30.0 Å². The molecule has 0 radical (unpaired) electrons. The van der Waals surface area contributed by atoms with Crippen LogP contribution in [0.1, 0.15) is 25.7 Å². The fraction of sp³-hybridized carbons (Fsp3) is 1.00. The normalized spacial score (nSPS) is 25.8. The Bertz CT molecular complexity index is 342. The van der Waals surface area contributed by atoms with Crippen molar-refractivity contribution < 1.29 is 8.42 Å². The summed E-state index contributed by atoms with van der Waals surface area (Å²) in [5.74, 6) is 0. The van der Waals surface area contributed by atoms with E-state index in [9.17, 15) is 8.42 Å². The summed E-state index contributed by atoms with van der Waals surface area (Å²) in [7, 11) is -0.0151. The van der Waals surface area contributed by atoms with Gasteiger partial charge in [0.25, 0.3) is 10.2 Å². The molecule has 1 saturated heterocycles. The second kappa shape index (κ2) is 5.22. The minimum atomic E-state index is -3.21. The molecule has 0 bridgehead atoms. The average Bonchev–Trinajstić information content (AvgIpc) is 2.82. The van der Waals surface area contributed by atoms with Crippen molar-refractivity contribution in [2.24, 2.45) is 0 Å². The monoisotopic (exact) mass is 261 g/mol. The Hall–Kier alpha value is -0.170. The van der Waals surface area contributed by atoms with Crippen molar-refractivity contribution in [1.82, 2.24) is 13.5 Å². The average molecular weight is 261 g/mol. The third kappa shape index (κ3) is 2.81. The molecule has 6 heteroatoms. The van der Waals surface area contributed by atoms with Crippen LogP contribution in [0.3, 0.4) is 0 Å². The molecule has 0 atom stereocenters. The summed E-state index contributed by atoms with van der Waals surface area (Å²) in [6.45, 7) is 3.05. The first kappa shape index (κ1) is 13.3. The molecule has 1 saturated carbocycles. The maximum absolute atomic E-state index is 11.9. The van der Waals surface area contributed by atoms with Crippen LogP contribution in [0.25, 0.3) is 0 Å². The zero-order chi connectivity index (χ0) is 12.5. The van der Waals surface area contributed by atoms with Crippen LogP contribution in [0.15, 0.2) is 0 Å². The molecular weight excluding hydrogens is 238 g/mol. The van der Waals surface area contributed by atoms with E-state index in [0.717, 1.165) is 13.1 Å². The minimum absolute atomic E-state index is 0.636. The zero-order valence-electron chi connectivity index (χ0n) is 10.8. The van der Waals surface area contributed by atoms with Crippen molar-refractivity contribution in [3.05, 3.63) is 0 Å². The molecule has 0 unspecified atom stereocenters. The SMILES string of the molecule is CN(C)S(=O)(=O)N1CCN(C2CCCC2)CC1. The number of hydrogen-bond donors (Lipinski definition) is 0. The summed E-state index contributed by atoms with van der Waals surface area (Å²) >= 11 is 0. The maximum Gasteiger partial charge on any atom is 0.281 e. The van der Waals surface area contributed by atoms with E-state index >= 15 is 0 Å². The third-order valence-electron chi connectivity index (χ3n) is 3.90. The maximum atomic E-state index is 11.9. The lowest BCUT2D eigenvalue weighted by Crippen LogP contribution is -2.53. The largest absolute Gasteiger partial charge is 0.298 e. The zero-order valence-corrected chi connectivity index (χ0v) is 11.6. The molecule has 100 valence electrons. The van der Waals surface area contributed by atoms with E-state index in [1.54, 1.807) is 18.4 Å². The first-order valence-electron chi connectivity index (χ1n) is 6.43. The molecule has 0 spiro atoms. The van der Waals surface area contributed by atoms with Crippen molar-refractivity contribution in [3.63, 3.8) is 0 Å². The van der Waals surface area contributed by atoms with Gasteiger partial charge in [0.15, 0.2) is 0 Å². The molecule has 0 aromatic rings. The molecule has 1 heterocycles. The Labute approximate surface area is 105 Å². The molecule has 2 aliphatic rings. The third-order valence-corrected chi connectivity index (χ3v) is 5.84. The number of nitrogens with zero attached hydrogens (tertiary/aromatic N) is 3. The number of hydrogen-bond acceptors (Lipinski definition) is 3. The lowest BCUT2D eigenvalue weighted by molar-refractivity contribution is 0.136. The van der Waals surface area contributed by atoms with Gasteiger partial charge in [0.05, 0.1) is 0 Å². The van der Waals surface area contributed by atoms with Gasteiger partial charge in [-0.3, -0.25) is 4.90 Å². The van der Waals surface area contributed by atoms with E-state index < -0.39 is 10.2 Å². The highest BCUT2D eigenvalue weighted by atomic mass is 32.2. The van der Waals surface area contributed by atoms with Crippen LogP contribution in [0.4, 0.5) is 0 Å². The Morgan fingerprint density at radius 3 is 2.00 bits per heavy atom. The molecule has 5 nitrogen and oxygen atoms in total. The van der Waals surface area contributed by atoms with Gasteiger partial charge in [-0.2, -0.15) is 17.0 Å². The quantitative estimate of drug-likeness (QED) is 0.736. The van der Waals surface area contributed by atoms with Crippen LogP contribution in [0, 0.1) is 0 Å². The standard InChI is InChI=1S/C11H23N3O2S/c1-12(2)17(15,16)14-9-7-13(8-10-14)11-5-3-4-6-11/h11H,3-10H2,1-2H3. The summed E-state index contributed by atoms with van der Waals surface area (Å²) in [5, 5.41) is 0. The lowest BCUT2D eigenvalue weighted by Gasteiger charge is -2.38. The molecule has 1 aliphatic carbocycles. The Balaban J connectivity index is 1.89. The molecule has 0 amide bonds. The van der Waals surface area contributed by atoms with Gasteiger partial charge in [-0.15, -0.1) is 0 Å². The second-order valence-corrected chi connectivity index (χ2v) is 7.31.